The van der Waals surface area contributed by atoms with Crippen molar-refractivity contribution in [3.8, 4) is 11.3 Å². The molecule has 1 saturated carbocycles. The predicted octanol–water partition coefficient (Wildman–Crippen LogP) is 2.86. The molecule has 1 aromatic carbocycles. The van der Waals surface area contributed by atoms with Gasteiger partial charge in [-0.15, -0.1) is 0 Å². The van der Waals surface area contributed by atoms with Crippen LogP contribution in [0.1, 0.15) is 42.2 Å². The van der Waals surface area contributed by atoms with Crippen LogP contribution in [0, 0.1) is 5.82 Å². The van der Waals surface area contributed by atoms with Gasteiger partial charge >= 0.3 is 5.97 Å². The second-order valence-electron chi connectivity index (χ2n) is 5.58. The van der Waals surface area contributed by atoms with Crippen LogP contribution in [-0.2, 0) is 0 Å². The van der Waals surface area contributed by atoms with Crippen LogP contribution in [0.25, 0.3) is 11.3 Å². The van der Waals surface area contributed by atoms with E-state index in [2.05, 4.69) is 4.98 Å². The Morgan fingerprint density at radius 1 is 1.32 bits per heavy atom. The number of carboxylic acids is 1. The SMILES string of the molecule is O=C(O)c1ncn([C@H]2CCCC[C@H]2O)c1-c1cccc(F)c1. The summed E-state index contributed by atoms with van der Waals surface area (Å²) in [6.07, 6.45) is 4.23. The molecule has 0 unspecified atom stereocenters. The van der Waals surface area contributed by atoms with Crippen molar-refractivity contribution in [3.63, 3.8) is 0 Å². The predicted molar refractivity (Wildman–Crippen MR) is 78.1 cm³/mol. The lowest BCUT2D eigenvalue weighted by Gasteiger charge is -2.30. The van der Waals surface area contributed by atoms with E-state index >= 15 is 0 Å². The highest BCUT2D eigenvalue weighted by Crippen LogP contribution is 2.34. The highest BCUT2D eigenvalue weighted by Gasteiger charge is 2.29. The van der Waals surface area contributed by atoms with E-state index in [1.807, 2.05) is 0 Å². The van der Waals surface area contributed by atoms with Gasteiger partial charge in [0.05, 0.1) is 24.2 Å². The molecule has 0 spiro atoms. The summed E-state index contributed by atoms with van der Waals surface area (Å²) in [6.45, 7) is 0. The maximum atomic E-state index is 13.5. The zero-order valence-corrected chi connectivity index (χ0v) is 11.9. The van der Waals surface area contributed by atoms with Gasteiger partial charge in [0.2, 0.25) is 0 Å². The molecule has 0 amide bonds. The third-order valence-corrected chi connectivity index (χ3v) is 4.15. The number of carbonyl (C=O) groups is 1. The molecule has 3 rings (SSSR count). The van der Waals surface area contributed by atoms with Crippen LogP contribution >= 0.6 is 0 Å². The lowest BCUT2D eigenvalue weighted by atomic mass is 9.92. The van der Waals surface area contributed by atoms with E-state index in [1.165, 1.54) is 24.5 Å². The Morgan fingerprint density at radius 2 is 2.09 bits per heavy atom. The summed E-state index contributed by atoms with van der Waals surface area (Å²) in [7, 11) is 0. The number of aliphatic hydroxyl groups is 1. The molecule has 5 nitrogen and oxygen atoms in total. The summed E-state index contributed by atoms with van der Waals surface area (Å²) in [5, 5.41) is 19.6. The number of halogens is 1. The molecule has 0 aliphatic heterocycles. The van der Waals surface area contributed by atoms with Gasteiger partial charge in [0, 0.05) is 5.56 Å². The van der Waals surface area contributed by atoms with Gasteiger partial charge in [-0.3, -0.25) is 0 Å². The number of carboxylic acid groups (broad SMARTS) is 1. The van der Waals surface area contributed by atoms with Crippen LogP contribution in [0.3, 0.4) is 0 Å². The van der Waals surface area contributed by atoms with Crippen LogP contribution in [0.15, 0.2) is 30.6 Å². The molecule has 116 valence electrons. The van der Waals surface area contributed by atoms with Gasteiger partial charge in [-0.25, -0.2) is 14.2 Å². The third-order valence-electron chi connectivity index (χ3n) is 4.15. The summed E-state index contributed by atoms with van der Waals surface area (Å²) >= 11 is 0. The summed E-state index contributed by atoms with van der Waals surface area (Å²) in [6, 6.07) is 5.55. The summed E-state index contributed by atoms with van der Waals surface area (Å²) in [5.74, 6) is -1.60. The van der Waals surface area contributed by atoms with E-state index in [0.29, 0.717) is 17.7 Å². The second-order valence-corrected chi connectivity index (χ2v) is 5.58. The molecule has 1 aliphatic rings. The number of nitrogens with zero attached hydrogens (tertiary/aromatic N) is 2. The van der Waals surface area contributed by atoms with Gasteiger partial charge < -0.3 is 14.8 Å². The Bertz CT molecular complexity index is 698. The maximum absolute atomic E-state index is 13.5. The van der Waals surface area contributed by atoms with Gasteiger partial charge in [0.15, 0.2) is 5.69 Å². The average Bonchev–Trinajstić information content (AvgIpc) is 2.92. The van der Waals surface area contributed by atoms with E-state index in [4.69, 9.17) is 0 Å². The van der Waals surface area contributed by atoms with Crippen molar-refractivity contribution < 1.29 is 19.4 Å². The van der Waals surface area contributed by atoms with E-state index < -0.39 is 17.9 Å². The van der Waals surface area contributed by atoms with Crippen molar-refractivity contribution in [3.05, 3.63) is 42.1 Å². The van der Waals surface area contributed by atoms with E-state index in [-0.39, 0.29) is 11.7 Å². The number of hydrogen-bond acceptors (Lipinski definition) is 3. The Balaban J connectivity index is 2.13. The minimum absolute atomic E-state index is 0.122. The number of aliphatic hydroxyl groups excluding tert-OH is 1. The number of imidazole rings is 1. The van der Waals surface area contributed by atoms with Crippen molar-refractivity contribution in [2.75, 3.05) is 0 Å². The lowest BCUT2D eigenvalue weighted by Crippen LogP contribution is -2.27. The van der Waals surface area contributed by atoms with Gasteiger partial charge in [0.1, 0.15) is 5.82 Å². The molecule has 1 aromatic heterocycles. The largest absolute Gasteiger partial charge is 0.476 e. The first-order valence-electron chi connectivity index (χ1n) is 7.32. The Labute approximate surface area is 127 Å². The molecule has 6 heteroatoms. The molecular weight excluding hydrogens is 287 g/mol. The van der Waals surface area contributed by atoms with Crippen molar-refractivity contribution >= 4 is 5.97 Å². The van der Waals surface area contributed by atoms with Crippen LogP contribution in [0.2, 0.25) is 0 Å². The highest BCUT2D eigenvalue weighted by atomic mass is 19.1. The van der Waals surface area contributed by atoms with E-state index in [9.17, 15) is 19.4 Å². The summed E-state index contributed by atoms with van der Waals surface area (Å²) < 4.78 is 15.2. The van der Waals surface area contributed by atoms with Crippen molar-refractivity contribution in [2.45, 2.75) is 37.8 Å². The van der Waals surface area contributed by atoms with Crippen molar-refractivity contribution in [1.82, 2.24) is 9.55 Å². The number of aromatic carboxylic acids is 1. The van der Waals surface area contributed by atoms with Gasteiger partial charge in [-0.05, 0) is 25.0 Å². The molecular formula is C16H17FN2O3. The Kier molecular flexibility index (Phi) is 3.94. The number of rotatable bonds is 3. The number of hydrogen-bond donors (Lipinski definition) is 2. The number of aromatic nitrogens is 2. The van der Waals surface area contributed by atoms with Crippen molar-refractivity contribution in [1.29, 1.82) is 0 Å². The monoisotopic (exact) mass is 304 g/mol. The molecule has 1 aliphatic carbocycles. The fourth-order valence-corrected chi connectivity index (χ4v) is 3.11. The quantitative estimate of drug-likeness (QED) is 0.914. The minimum atomic E-state index is -1.16. The molecule has 0 radical (unpaired) electrons. The minimum Gasteiger partial charge on any atom is -0.476 e. The first-order chi connectivity index (χ1) is 10.6. The van der Waals surface area contributed by atoms with Crippen molar-refractivity contribution in [2.24, 2.45) is 0 Å². The average molecular weight is 304 g/mol. The first kappa shape index (κ1) is 14.7. The zero-order valence-electron chi connectivity index (χ0n) is 11.9. The molecule has 0 bridgehead atoms. The van der Waals surface area contributed by atoms with Crippen LogP contribution in [0.5, 0.6) is 0 Å². The fraction of sp³-hybridized carbons (Fsp3) is 0.375. The Morgan fingerprint density at radius 3 is 2.77 bits per heavy atom. The molecule has 2 N–H and O–H groups in total. The lowest BCUT2D eigenvalue weighted by molar-refractivity contribution is 0.0687. The standard InChI is InChI=1S/C16H17FN2O3/c17-11-5-3-4-10(8-11)15-14(16(21)22)18-9-19(15)12-6-1-2-7-13(12)20/h3-5,8-9,12-13,20H,1-2,6-7H2,(H,21,22)/t12-,13+/m0/s1. The second kappa shape index (κ2) is 5.88. The third kappa shape index (κ3) is 2.62. The summed E-state index contributed by atoms with van der Waals surface area (Å²) in [4.78, 5) is 15.4. The molecule has 2 atom stereocenters. The normalized spacial score (nSPS) is 21.7. The van der Waals surface area contributed by atoms with E-state index in [0.717, 1.165) is 19.3 Å². The van der Waals surface area contributed by atoms with Crippen LogP contribution in [-0.4, -0.2) is 31.8 Å². The van der Waals surface area contributed by atoms with Gasteiger partial charge in [-0.1, -0.05) is 25.0 Å². The molecule has 0 saturated heterocycles. The van der Waals surface area contributed by atoms with Gasteiger partial charge in [-0.2, -0.15) is 0 Å². The maximum Gasteiger partial charge on any atom is 0.356 e. The van der Waals surface area contributed by atoms with E-state index in [1.54, 1.807) is 10.6 Å². The molecule has 2 aromatic rings. The highest BCUT2D eigenvalue weighted by molar-refractivity contribution is 5.93. The molecule has 22 heavy (non-hydrogen) atoms. The smallest absolute Gasteiger partial charge is 0.356 e. The van der Waals surface area contributed by atoms with Gasteiger partial charge in [0.25, 0.3) is 0 Å². The summed E-state index contributed by atoms with van der Waals surface area (Å²) in [5.41, 5.74) is 0.675. The Hall–Kier alpha value is -2.21. The topological polar surface area (TPSA) is 75.3 Å². The van der Waals surface area contributed by atoms with Crippen LogP contribution in [0.4, 0.5) is 4.39 Å². The first-order valence-corrected chi connectivity index (χ1v) is 7.32. The zero-order chi connectivity index (χ0) is 15.7. The number of benzene rings is 1. The molecule has 1 fully saturated rings. The van der Waals surface area contributed by atoms with Crippen LogP contribution < -0.4 is 0 Å². The fourth-order valence-electron chi connectivity index (χ4n) is 3.11. The molecule has 1 heterocycles.